The Kier molecular flexibility index (Phi) is 4.71. The Hall–Kier alpha value is -1.06. The van der Waals surface area contributed by atoms with E-state index in [9.17, 15) is 9.59 Å². The predicted molar refractivity (Wildman–Crippen MR) is 79.1 cm³/mol. The lowest BCUT2D eigenvalue weighted by molar-refractivity contribution is -0.151. The van der Waals surface area contributed by atoms with Crippen molar-refractivity contribution in [3.05, 3.63) is 0 Å². The van der Waals surface area contributed by atoms with Crippen LogP contribution in [-0.4, -0.2) is 35.3 Å². The summed E-state index contributed by atoms with van der Waals surface area (Å²) in [6, 6.07) is -0.610. The second-order valence-electron chi connectivity index (χ2n) is 7.14. The van der Waals surface area contributed by atoms with Gasteiger partial charge in [0.1, 0.15) is 12.1 Å². The monoisotopic (exact) mass is 280 g/mol. The first-order valence-electron chi connectivity index (χ1n) is 8.01. The maximum absolute atomic E-state index is 12.6. The van der Waals surface area contributed by atoms with Crippen LogP contribution in [0.3, 0.4) is 0 Å². The molecule has 1 N–H and O–H groups in total. The first kappa shape index (κ1) is 15.3. The molecule has 20 heavy (non-hydrogen) atoms. The van der Waals surface area contributed by atoms with E-state index in [1.165, 1.54) is 12.8 Å². The predicted octanol–water partition coefficient (Wildman–Crippen LogP) is 2.18. The number of nitrogens with one attached hydrogen (secondary N) is 1. The molecule has 0 aromatic carbocycles. The molecule has 1 heterocycles. The Labute approximate surface area is 122 Å². The van der Waals surface area contributed by atoms with Crippen molar-refractivity contribution in [2.45, 2.75) is 65.5 Å². The minimum Gasteiger partial charge on any atom is -0.342 e. The van der Waals surface area contributed by atoms with E-state index in [2.05, 4.69) is 19.2 Å². The summed E-state index contributed by atoms with van der Waals surface area (Å²) in [4.78, 5) is 26.9. The van der Waals surface area contributed by atoms with Gasteiger partial charge in [0, 0.05) is 6.54 Å². The van der Waals surface area contributed by atoms with Gasteiger partial charge in [0.25, 0.3) is 0 Å². The Morgan fingerprint density at radius 3 is 2.35 bits per heavy atom. The second kappa shape index (κ2) is 6.15. The van der Waals surface area contributed by atoms with Crippen LogP contribution >= 0.6 is 0 Å². The Morgan fingerprint density at radius 2 is 1.85 bits per heavy atom. The quantitative estimate of drug-likeness (QED) is 0.811. The first-order valence-corrected chi connectivity index (χ1v) is 8.01. The van der Waals surface area contributed by atoms with Crippen LogP contribution in [0.1, 0.15) is 53.4 Å². The average molecular weight is 280 g/mol. The van der Waals surface area contributed by atoms with Crippen LogP contribution in [0.5, 0.6) is 0 Å². The summed E-state index contributed by atoms with van der Waals surface area (Å²) in [5.41, 5.74) is 0. The number of amides is 2. The molecule has 4 heteroatoms. The molecule has 2 aliphatic rings. The van der Waals surface area contributed by atoms with Gasteiger partial charge in [0.2, 0.25) is 11.8 Å². The summed E-state index contributed by atoms with van der Waals surface area (Å²) in [5.74, 6) is 1.50. The molecule has 114 valence electrons. The van der Waals surface area contributed by atoms with Gasteiger partial charge in [-0.1, -0.05) is 40.5 Å². The molecule has 0 radical (unpaired) electrons. The van der Waals surface area contributed by atoms with Crippen LogP contribution in [0, 0.1) is 17.8 Å². The maximum atomic E-state index is 12.6. The third-order valence-corrected chi connectivity index (χ3v) is 4.36. The smallest absolute Gasteiger partial charge is 0.246 e. The molecule has 0 aromatic heterocycles. The van der Waals surface area contributed by atoms with Crippen LogP contribution in [-0.2, 0) is 9.59 Å². The SMILES string of the molecule is CC(C)CC1C(=O)NC(C(C)C)C(=O)N1CCC1CC1. The van der Waals surface area contributed by atoms with E-state index < -0.39 is 0 Å². The molecule has 1 aliphatic heterocycles. The number of hydrogen-bond acceptors (Lipinski definition) is 2. The van der Waals surface area contributed by atoms with Crippen molar-refractivity contribution in [1.82, 2.24) is 10.2 Å². The molecule has 2 amide bonds. The minimum absolute atomic E-state index is 0.0350. The van der Waals surface area contributed by atoms with Gasteiger partial charge in [-0.05, 0) is 30.6 Å². The van der Waals surface area contributed by atoms with Gasteiger partial charge in [0.15, 0.2) is 0 Å². The highest BCUT2D eigenvalue weighted by Crippen LogP contribution is 2.33. The van der Waals surface area contributed by atoms with Crippen molar-refractivity contribution in [2.75, 3.05) is 6.54 Å². The summed E-state index contributed by atoms with van der Waals surface area (Å²) in [6.45, 7) is 8.93. The zero-order valence-corrected chi connectivity index (χ0v) is 13.2. The van der Waals surface area contributed by atoms with Crippen molar-refractivity contribution >= 4 is 11.8 Å². The minimum atomic E-state index is -0.342. The summed E-state index contributed by atoms with van der Waals surface area (Å²) in [6.07, 6.45) is 4.39. The zero-order chi connectivity index (χ0) is 14.9. The van der Waals surface area contributed by atoms with Crippen molar-refractivity contribution < 1.29 is 9.59 Å². The largest absolute Gasteiger partial charge is 0.342 e. The van der Waals surface area contributed by atoms with E-state index in [1.807, 2.05) is 18.7 Å². The standard InChI is InChI=1S/C16H28N2O2/c1-10(2)9-13-15(19)17-14(11(3)4)16(20)18(13)8-7-12-5-6-12/h10-14H,5-9H2,1-4H3,(H,17,19). The number of piperazine rings is 1. The highest BCUT2D eigenvalue weighted by atomic mass is 16.2. The van der Waals surface area contributed by atoms with Crippen molar-refractivity contribution in [2.24, 2.45) is 17.8 Å². The van der Waals surface area contributed by atoms with Crippen LogP contribution in [0.15, 0.2) is 0 Å². The Morgan fingerprint density at radius 1 is 1.20 bits per heavy atom. The topological polar surface area (TPSA) is 49.4 Å². The van der Waals surface area contributed by atoms with Crippen molar-refractivity contribution in [3.63, 3.8) is 0 Å². The van der Waals surface area contributed by atoms with E-state index in [1.54, 1.807) is 0 Å². The molecular weight excluding hydrogens is 252 g/mol. The zero-order valence-electron chi connectivity index (χ0n) is 13.2. The highest BCUT2D eigenvalue weighted by Gasteiger charge is 2.41. The fraction of sp³-hybridized carbons (Fsp3) is 0.875. The molecule has 2 atom stereocenters. The number of carbonyl (C=O) groups is 2. The van der Waals surface area contributed by atoms with E-state index in [4.69, 9.17) is 0 Å². The van der Waals surface area contributed by atoms with Crippen LogP contribution in [0.25, 0.3) is 0 Å². The summed E-state index contributed by atoms with van der Waals surface area (Å²) < 4.78 is 0. The van der Waals surface area contributed by atoms with Crippen molar-refractivity contribution in [1.29, 1.82) is 0 Å². The van der Waals surface area contributed by atoms with Crippen LogP contribution < -0.4 is 5.32 Å². The fourth-order valence-electron chi connectivity index (χ4n) is 2.91. The molecule has 0 spiro atoms. The number of hydrogen-bond donors (Lipinski definition) is 1. The second-order valence-corrected chi connectivity index (χ2v) is 7.14. The fourth-order valence-corrected chi connectivity index (χ4v) is 2.91. The number of carbonyl (C=O) groups excluding carboxylic acids is 2. The average Bonchev–Trinajstić information content (AvgIpc) is 3.16. The normalized spacial score (nSPS) is 27.4. The maximum Gasteiger partial charge on any atom is 0.246 e. The number of nitrogens with zero attached hydrogens (tertiary/aromatic N) is 1. The van der Waals surface area contributed by atoms with Gasteiger partial charge in [-0.2, -0.15) is 0 Å². The molecule has 0 bridgehead atoms. The van der Waals surface area contributed by atoms with Gasteiger partial charge in [0.05, 0.1) is 0 Å². The van der Waals surface area contributed by atoms with Gasteiger partial charge in [-0.3, -0.25) is 9.59 Å². The van der Waals surface area contributed by atoms with Crippen LogP contribution in [0.2, 0.25) is 0 Å². The Balaban J connectivity index is 2.10. The Bertz CT molecular complexity index is 375. The molecule has 2 fully saturated rings. The lowest BCUT2D eigenvalue weighted by Gasteiger charge is -2.41. The summed E-state index contributed by atoms with van der Waals surface area (Å²) >= 11 is 0. The number of rotatable bonds is 6. The summed E-state index contributed by atoms with van der Waals surface area (Å²) in [7, 11) is 0. The van der Waals surface area contributed by atoms with Gasteiger partial charge in [-0.25, -0.2) is 0 Å². The summed E-state index contributed by atoms with van der Waals surface area (Å²) in [5, 5.41) is 2.92. The molecule has 1 saturated carbocycles. The molecule has 2 unspecified atom stereocenters. The van der Waals surface area contributed by atoms with Gasteiger partial charge >= 0.3 is 0 Å². The van der Waals surface area contributed by atoms with Crippen molar-refractivity contribution in [3.8, 4) is 0 Å². The van der Waals surface area contributed by atoms with E-state index in [0.29, 0.717) is 5.92 Å². The van der Waals surface area contributed by atoms with Gasteiger partial charge in [-0.15, -0.1) is 0 Å². The van der Waals surface area contributed by atoms with Crippen LogP contribution in [0.4, 0.5) is 0 Å². The molecular formula is C16H28N2O2. The van der Waals surface area contributed by atoms with E-state index >= 15 is 0 Å². The third kappa shape index (κ3) is 3.53. The molecule has 4 nitrogen and oxygen atoms in total. The molecule has 1 aliphatic carbocycles. The molecule has 2 rings (SSSR count). The van der Waals surface area contributed by atoms with Gasteiger partial charge < -0.3 is 10.2 Å². The van der Waals surface area contributed by atoms with E-state index in [0.717, 1.165) is 25.3 Å². The lowest BCUT2D eigenvalue weighted by atomic mass is 9.93. The third-order valence-electron chi connectivity index (χ3n) is 4.36. The van der Waals surface area contributed by atoms with E-state index in [-0.39, 0.29) is 29.8 Å². The highest BCUT2D eigenvalue weighted by molar-refractivity contribution is 5.97. The lowest BCUT2D eigenvalue weighted by Crippen LogP contribution is -2.65. The molecule has 1 saturated heterocycles. The molecule has 0 aromatic rings. The first-order chi connectivity index (χ1) is 9.40.